The van der Waals surface area contributed by atoms with Crippen LogP contribution >= 0.6 is 15.9 Å². The van der Waals surface area contributed by atoms with Crippen LogP contribution < -0.4 is 0 Å². The summed E-state index contributed by atoms with van der Waals surface area (Å²) in [4.78, 5) is 3.68. The lowest BCUT2D eigenvalue weighted by atomic mass is 10.1. The zero-order valence-corrected chi connectivity index (χ0v) is 8.41. The van der Waals surface area contributed by atoms with Crippen LogP contribution in [-0.4, -0.2) is 4.98 Å². The van der Waals surface area contributed by atoms with Crippen LogP contribution in [0.5, 0.6) is 0 Å². The fourth-order valence-electron chi connectivity index (χ4n) is 0.991. The van der Waals surface area contributed by atoms with Gasteiger partial charge in [-0.1, -0.05) is 15.9 Å². The first kappa shape index (κ1) is 10.5. The maximum atomic E-state index is 13.2. The van der Waals surface area contributed by atoms with Crippen molar-refractivity contribution in [3.63, 3.8) is 0 Å². The first-order chi connectivity index (χ1) is 6.07. The fraction of sp³-hybridized carbons (Fsp3) is 0.375. The summed E-state index contributed by atoms with van der Waals surface area (Å²) < 4.78 is 37.9. The molecule has 72 valence electrons. The normalized spacial score (nSPS) is 10.9. The Balaban J connectivity index is 3.30. The van der Waals surface area contributed by atoms with Crippen molar-refractivity contribution >= 4 is 15.9 Å². The van der Waals surface area contributed by atoms with Crippen molar-refractivity contribution in [1.82, 2.24) is 4.98 Å². The number of nitrogens with zero attached hydrogens (tertiary/aromatic N) is 1. The van der Waals surface area contributed by atoms with Gasteiger partial charge in [0.1, 0.15) is 0 Å². The molecule has 0 spiro atoms. The number of aromatic nitrogens is 1. The molecule has 1 heterocycles. The van der Waals surface area contributed by atoms with E-state index in [0.717, 1.165) is 0 Å². The van der Waals surface area contributed by atoms with Crippen molar-refractivity contribution in [1.29, 1.82) is 0 Å². The number of pyridine rings is 1. The van der Waals surface area contributed by atoms with Crippen LogP contribution in [0, 0.1) is 12.7 Å². The van der Waals surface area contributed by atoms with Crippen molar-refractivity contribution < 1.29 is 13.2 Å². The molecular formula is C8H7BrF3N. The highest BCUT2D eigenvalue weighted by molar-refractivity contribution is 9.08. The van der Waals surface area contributed by atoms with Gasteiger partial charge in [-0.05, 0) is 12.5 Å². The average molecular weight is 254 g/mol. The summed E-state index contributed by atoms with van der Waals surface area (Å²) in [7, 11) is 0. The number of aryl methyl sites for hydroxylation is 1. The van der Waals surface area contributed by atoms with Crippen LogP contribution in [0.1, 0.15) is 23.2 Å². The molecule has 0 radical (unpaired) electrons. The maximum absolute atomic E-state index is 13.2. The standard InChI is InChI=1S/C8H7BrF3N/c1-4-3-13-5(2-9)7(10)6(4)8(11)12/h3,8H,2H2,1H3. The fourth-order valence-corrected chi connectivity index (χ4v) is 1.38. The summed E-state index contributed by atoms with van der Waals surface area (Å²) in [6.45, 7) is 1.41. The molecule has 1 aromatic rings. The van der Waals surface area contributed by atoms with E-state index in [4.69, 9.17) is 0 Å². The second-order valence-electron chi connectivity index (χ2n) is 2.55. The van der Waals surface area contributed by atoms with Crippen molar-refractivity contribution in [3.05, 3.63) is 28.8 Å². The van der Waals surface area contributed by atoms with Crippen LogP contribution in [0.2, 0.25) is 0 Å². The molecule has 0 aliphatic rings. The van der Waals surface area contributed by atoms with Crippen LogP contribution in [0.4, 0.5) is 13.2 Å². The maximum Gasteiger partial charge on any atom is 0.267 e. The van der Waals surface area contributed by atoms with Crippen LogP contribution in [0.15, 0.2) is 6.20 Å². The quantitative estimate of drug-likeness (QED) is 0.737. The zero-order valence-electron chi connectivity index (χ0n) is 6.82. The third-order valence-electron chi connectivity index (χ3n) is 1.67. The molecule has 0 unspecified atom stereocenters. The van der Waals surface area contributed by atoms with Crippen LogP contribution in [-0.2, 0) is 5.33 Å². The summed E-state index contributed by atoms with van der Waals surface area (Å²) in [6.07, 6.45) is -1.54. The van der Waals surface area contributed by atoms with E-state index in [2.05, 4.69) is 20.9 Å². The largest absolute Gasteiger partial charge is 0.267 e. The Hall–Kier alpha value is -0.580. The van der Waals surface area contributed by atoms with E-state index in [1.807, 2.05) is 0 Å². The number of rotatable bonds is 2. The molecule has 1 nitrogen and oxygen atoms in total. The van der Waals surface area contributed by atoms with Crippen molar-refractivity contribution in [3.8, 4) is 0 Å². The minimum absolute atomic E-state index is 0.0147. The lowest BCUT2D eigenvalue weighted by Gasteiger charge is -2.07. The third-order valence-corrected chi connectivity index (χ3v) is 2.20. The molecular weight excluding hydrogens is 247 g/mol. The second kappa shape index (κ2) is 4.09. The molecule has 0 N–H and O–H groups in total. The summed E-state index contributed by atoms with van der Waals surface area (Å²) in [5.41, 5.74) is -0.359. The zero-order chi connectivity index (χ0) is 10.0. The Bertz CT molecular complexity index is 315. The van der Waals surface area contributed by atoms with E-state index in [0.29, 0.717) is 0 Å². The minimum atomic E-state index is -2.79. The van der Waals surface area contributed by atoms with Gasteiger partial charge in [0.2, 0.25) is 0 Å². The molecule has 0 aliphatic carbocycles. The minimum Gasteiger partial charge on any atom is -0.257 e. The highest BCUT2D eigenvalue weighted by Gasteiger charge is 2.19. The number of halogens is 4. The predicted molar refractivity (Wildman–Crippen MR) is 46.5 cm³/mol. The van der Waals surface area contributed by atoms with E-state index < -0.39 is 17.8 Å². The molecule has 0 atom stereocenters. The first-order valence-electron chi connectivity index (χ1n) is 3.56. The molecule has 0 saturated heterocycles. The lowest BCUT2D eigenvalue weighted by molar-refractivity contribution is 0.145. The number of hydrogen-bond donors (Lipinski definition) is 0. The van der Waals surface area contributed by atoms with Gasteiger partial charge in [-0.3, -0.25) is 4.98 Å². The second-order valence-corrected chi connectivity index (χ2v) is 3.11. The molecule has 0 amide bonds. The summed E-state index contributed by atoms with van der Waals surface area (Å²) in [5, 5.41) is 0.138. The Kier molecular flexibility index (Phi) is 3.30. The SMILES string of the molecule is Cc1cnc(CBr)c(F)c1C(F)F. The topological polar surface area (TPSA) is 12.9 Å². The Labute approximate surface area is 82.1 Å². The van der Waals surface area contributed by atoms with Crippen LogP contribution in [0.25, 0.3) is 0 Å². The van der Waals surface area contributed by atoms with Gasteiger partial charge in [0.05, 0.1) is 11.3 Å². The monoisotopic (exact) mass is 253 g/mol. The predicted octanol–water partition coefficient (Wildman–Crippen LogP) is 3.36. The summed E-state index contributed by atoms with van der Waals surface area (Å²) in [6, 6.07) is 0. The van der Waals surface area contributed by atoms with E-state index in [9.17, 15) is 13.2 Å². The van der Waals surface area contributed by atoms with Gasteiger partial charge < -0.3 is 0 Å². The first-order valence-corrected chi connectivity index (χ1v) is 4.68. The molecule has 0 bridgehead atoms. The van der Waals surface area contributed by atoms with Crippen molar-refractivity contribution in [2.45, 2.75) is 18.7 Å². The van der Waals surface area contributed by atoms with Gasteiger partial charge >= 0.3 is 0 Å². The van der Waals surface area contributed by atoms with E-state index in [1.54, 1.807) is 0 Å². The molecule has 0 fully saturated rings. The van der Waals surface area contributed by atoms with Gasteiger partial charge in [-0.25, -0.2) is 13.2 Å². The molecule has 5 heteroatoms. The Morgan fingerprint density at radius 1 is 1.54 bits per heavy atom. The smallest absolute Gasteiger partial charge is 0.257 e. The van der Waals surface area contributed by atoms with E-state index in [-0.39, 0.29) is 16.6 Å². The van der Waals surface area contributed by atoms with Gasteiger partial charge in [0, 0.05) is 11.5 Å². The van der Waals surface area contributed by atoms with E-state index in [1.165, 1.54) is 13.1 Å². The van der Waals surface area contributed by atoms with Gasteiger partial charge in [0.15, 0.2) is 5.82 Å². The Morgan fingerprint density at radius 3 is 2.62 bits per heavy atom. The van der Waals surface area contributed by atoms with Crippen LogP contribution in [0.3, 0.4) is 0 Å². The van der Waals surface area contributed by atoms with Gasteiger partial charge in [0.25, 0.3) is 6.43 Å². The van der Waals surface area contributed by atoms with E-state index >= 15 is 0 Å². The lowest BCUT2D eigenvalue weighted by Crippen LogP contribution is -2.01. The molecule has 13 heavy (non-hydrogen) atoms. The van der Waals surface area contributed by atoms with Gasteiger partial charge in [-0.2, -0.15) is 0 Å². The molecule has 1 aromatic heterocycles. The molecule has 0 saturated carbocycles. The third kappa shape index (κ3) is 2.02. The van der Waals surface area contributed by atoms with Crippen molar-refractivity contribution in [2.75, 3.05) is 0 Å². The highest BCUT2D eigenvalue weighted by atomic mass is 79.9. The average Bonchev–Trinajstić information content (AvgIpc) is 2.04. The summed E-state index contributed by atoms with van der Waals surface area (Å²) >= 11 is 2.97. The Morgan fingerprint density at radius 2 is 2.15 bits per heavy atom. The molecule has 0 aliphatic heterocycles. The summed E-state index contributed by atoms with van der Waals surface area (Å²) in [5.74, 6) is -0.910. The molecule has 0 aromatic carbocycles. The van der Waals surface area contributed by atoms with Crippen molar-refractivity contribution in [2.24, 2.45) is 0 Å². The number of hydrogen-bond acceptors (Lipinski definition) is 1. The highest BCUT2D eigenvalue weighted by Crippen LogP contribution is 2.26. The molecule has 1 rings (SSSR count). The van der Waals surface area contributed by atoms with Gasteiger partial charge in [-0.15, -0.1) is 0 Å². The number of alkyl halides is 3.